The van der Waals surface area contributed by atoms with Gasteiger partial charge >= 0.3 is 0 Å². The van der Waals surface area contributed by atoms with E-state index in [1.807, 2.05) is 0 Å². The zero-order valence-corrected chi connectivity index (χ0v) is 14.8. The van der Waals surface area contributed by atoms with E-state index < -0.39 is 22.0 Å². The number of anilines is 1. The minimum Gasteiger partial charge on any atom is -0.479 e. The molecule has 0 aliphatic rings. The summed E-state index contributed by atoms with van der Waals surface area (Å²) < 4.78 is 27.9. The number of amides is 1. The maximum Gasteiger partial charge on any atom is 0.265 e. The Balaban J connectivity index is 2.03. The average molecular weight is 389 g/mol. The van der Waals surface area contributed by atoms with Crippen LogP contribution in [-0.4, -0.2) is 20.4 Å². The standard InChI is InChI=1S/C15H14Cl2N2O4S/c1-9(23-14-7-2-10(16)8-13(14)17)15(20)19-11-3-5-12(6-4-11)24(18,21)22/h2-9H,1H3,(H,19,20)(H2,18,21,22)/t9-/m0/s1. The number of benzene rings is 2. The first kappa shape index (κ1) is 18.5. The zero-order chi connectivity index (χ0) is 17.9. The van der Waals surface area contributed by atoms with Crippen molar-refractivity contribution < 1.29 is 17.9 Å². The van der Waals surface area contributed by atoms with Crippen molar-refractivity contribution in [3.63, 3.8) is 0 Å². The minimum absolute atomic E-state index is 0.0438. The van der Waals surface area contributed by atoms with Gasteiger partial charge in [-0.15, -0.1) is 0 Å². The van der Waals surface area contributed by atoms with Gasteiger partial charge in [0.1, 0.15) is 5.75 Å². The molecule has 0 heterocycles. The first-order valence-corrected chi connectivity index (χ1v) is 9.02. The van der Waals surface area contributed by atoms with E-state index in [2.05, 4.69) is 5.32 Å². The molecular formula is C15H14Cl2N2O4S. The molecule has 2 rings (SSSR count). The maximum atomic E-state index is 12.1. The Kier molecular flexibility index (Phi) is 5.71. The number of nitrogens with one attached hydrogen (secondary N) is 1. The first-order valence-electron chi connectivity index (χ1n) is 6.72. The molecule has 0 aliphatic carbocycles. The Morgan fingerprint density at radius 1 is 1.17 bits per heavy atom. The van der Waals surface area contributed by atoms with Crippen molar-refractivity contribution in [3.05, 3.63) is 52.5 Å². The average Bonchev–Trinajstić information content (AvgIpc) is 2.49. The summed E-state index contributed by atoms with van der Waals surface area (Å²) in [4.78, 5) is 12.1. The molecule has 0 saturated heterocycles. The summed E-state index contributed by atoms with van der Waals surface area (Å²) in [7, 11) is -3.78. The van der Waals surface area contributed by atoms with Crippen LogP contribution in [0.2, 0.25) is 10.0 Å². The molecule has 0 fully saturated rings. The molecule has 0 bridgehead atoms. The second-order valence-corrected chi connectivity index (χ2v) is 7.30. The van der Waals surface area contributed by atoms with Crippen LogP contribution in [0.5, 0.6) is 5.75 Å². The van der Waals surface area contributed by atoms with Crippen molar-refractivity contribution in [3.8, 4) is 5.75 Å². The summed E-state index contributed by atoms with van der Waals surface area (Å²) in [6.07, 6.45) is -0.832. The monoisotopic (exact) mass is 388 g/mol. The predicted molar refractivity (Wildman–Crippen MR) is 93.0 cm³/mol. The molecule has 128 valence electrons. The van der Waals surface area contributed by atoms with E-state index in [4.69, 9.17) is 33.1 Å². The van der Waals surface area contributed by atoms with Crippen LogP contribution >= 0.6 is 23.2 Å². The fourth-order valence-electron chi connectivity index (χ4n) is 1.79. The second kappa shape index (κ2) is 7.40. The molecule has 3 N–H and O–H groups in total. The van der Waals surface area contributed by atoms with Crippen LogP contribution in [-0.2, 0) is 14.8 Å². The van der Waals surface area contributed by atoms with Gasteiger partial charge < -0.3 is 10.1 Å². The molecule has 2 aromatic rings. The van der Waals surface area contributed by atoms with E-state index in [0.29, 0.717) is 21.5 Å². The molecule has 1 amide bonds. The summed E-state index contributed by atoms with van der Waals surface area (Å²) in [6, 6.07) is 10.1. The van der Waals surface area contributed by atoms with Crippen molar-refractivity contribution in [2.45, 2.75) is 17.9 Å². The fourth-order valence-corrected chi connectivity index (χ4v) is 2.76. The quantitative estimate of drug-likeness (QED) is 0.821. The summed E-state index contributed by atoms with van der Waals surface area (Å²) >= 11 is 11.8. The molecule has 0 radical (unpaired) electrons. The van der Waals surface area contributed by atoms with Gasteiger partial charge in [0, 0.05) is 10.7 Å². The summed E-state index contributed by atoms with van der Waals surface area (Å²) in [6.45, 7) is 1.55. The molecule has 9 heteroatoms. The van der Waals surface area contributed by atoms with Crippen molar-refractivity contribution in [1.29, 1.82) is 0 Å². The van der Waals surface area contributed by atoms with E-state index in [1.54, 1.807) is 19.1 Å². The van der Waals surface area contributed by atoms with E-state index in [9.17, 15) is 13.2 Å². The number of halogens is 2. The molecule has 0 spiro atoms. The highest BCUT2D eigenvalue weighted by atomic mass is 35.5. The number of rotatable bonds is 5. The second-order valence-electron chi connectivity index (χ2n) is 4.89. The lowest BCUT2D eigenvalue weighted by atomic mass is 10.3. The van der Waals surface area contributed by atoms with Gasteiger partial charge in [-0.3, -0.25) is 4.79 Å². The van der Waals surface area contributed by atoms with Crippen molar-refractivity contribution >= 4 is 44.8 Å². The van der Waals surface area contributed by atoms with Gasteiger partial charge in [-0.1, -0.05) is 23.2 Å². The normalized spacial score (nSPS) is 12.5. The molecule has 0 aliphatic heterocycles. The molecule has 24 heavy (non-hydrogen) atoms. The topological polar surface area (TPSA) is 98.5 Å². The van der Waals surface area contributed by atoms with Crippen LogP contribution in [0, 0.1) is 0 Å². The Morgan fingerprint density at radius 3 is 2.33 bits per heavy atom. The number of carbonyl (C=O) groups is 1. The molecule has 6 nitrogen and oxygen atoms in total. The van der Waals surface area contributed by atoms with Crippen LogP contribution in [0.25, 0.3) is 0 Å². The number of nitrogens with two attached hydrogens (primary N) is 1. The molecule has 0 unspecified atom stereocenters. The smallest absolute Gasteiger partial charge is 0.265 e. The van der Waals surface area contributed by atoms with Gasteiger partial charge in [-0.05, 0) is 49.4 Å². The fraction of sp³-hybridized carbons (Fsp3) is 0.133. The SMILES string of the molecule is C[C@H](Oc1ccc(Cl)cc1Cl)C(=O)Nc1ccc(S(N)(=O)=O)cc1. The van der Waals surface area contributed by atoms with Gasteiger partial charge in [-0.25, -0.2) is 13.6 Å². The molecule has 0 saturated carbocycles. The number of primary sulfonamides is 1. The largest absolute Gasteiger partial charge is 0.479 e. The van der Waals surface area contributed by atoms with Gasteiger partial charge in [0.2, 0.25) is 10.0 Å². The Morgan fingerprint density at radius 2 is 1.79 bits per heavy atom. The van der Waals surface area contributed by atoms with E-state index >= 15 is 0 Å². The van der Waals surface area contributed by atoms with E-state index in [1.165, 1.54) is 30.3 Å². The number of hydrogen-bond donors (Lipinski definition) is 2. The molecular weight excluding hydrogens is 375 g/mol. The number of hydrogen-bond acceptors (Lipinski definition) is 4. The van der Waals surface area contributed by atoms with Gasteiger partial charge in [0.15, 0.2) is 6.10 Å². The highest BCUT2D eigenvalue weighted by Crippen LogP contribution is 2.28. The minimum atomic E-state index is -3.78. The third-order valence-electron chi connectivity index (χ3n) is 3.02. The van der Waals surface area contributed by atoms with Crippen LogP contribution in [0.3, 0.4) is 0 Å². The lowest BCUT2D eigenvalue weighted by Crippen LogP contribution is -2.30. The summed E-state index contributed by atoms with van der Waals surface area (Å²) in [5.41, 5.74) is 0.407. The van der Waals surface area contributed by atoms with Crippen molar-refractivity contribution in [2.75, 3.05) is 5.32 Å². The first-order chi connectivity index (χ1) is 11.2. The third kappa shape index (κ3) is 4.85. The number of carbonyl (C=O) groups excluding carboxylic acids is 1. The lowest BCUT2D eigenvalue weighted by Gasteiger charge is -2.16. The van der Waals surface area contributed by atoms with Crippen LogP contribution in [0.15, 0.2) is 47.4 Å². The van der Waals surface area contributed by atoms with E-state index in [-0.39, 0.29) is 4.90 Å². The van der Waals surface area contributed by atoms with Gasteiger partial charge in [0.25, 0.3) is 5.91 Å². The lowest BCUT2D eigenvalue weighted by molar-refractivity contribution is -0.122. The molecule has 1 atom stereocenters. The molecule has 0 aromatic heterocycles. The van der Waals surface area contributed by atoms with Crippen LogP contribution < -0.4 is 15.2 Å². The van der Waals surface area contributed by atoms with Gasteiger partial charge in [-0.2, -0.15) is 0 Å². The van der Waals surface area contributed by atoms with Gasteiger partial charge in [0.05, 0.1) is 9.92 Å². The highest BCUT2D eigenvalue weighted by molar-refractivity contribution is 7.89. The summed E-state index contributed by atoms with van der Waals surface area (Å²) in [5, 5.41) is 8.36. The maximum absolute atomic E-state index is 12.1. The Labute approximate surface area is 149 Å². The van der Waals surface area contributed by atoms with Crippen molar-refractivity contribution in [1.82, 2.24) is 0 Å². The zero-order valence-electron chi connectivity index (χ0n) is 12.5. The number of ether oxygens (including phenoxy) is 1. The van der Waals surface area contributed by atoms with Crippen molar-refractivity contribution in [2.24, 2.45) is 5.14 Å². The Bertz CT molecular complexity index is 854. The van der Waals surface area contributed by atoms with E-state index in [0.717, 1.165) is 0 Å². The third-order valence-corrected chi connectivity index (χ3v) is 4.48. The number of sulfonamides is 1. The summed E-state index contributed by atoms with van der Waals surface area (Å²) in [5.74, 6) is -0.0994. The Hall–Kier alpha value is -1.80. The highest BCUT2D eigenvalue weighted by Gasteiger charge is 2.17. The van der Waals surface area contributed by atoms with Crippen LogP contribution in [0.4, 0.5) is 5.69 Å². The van der Waals surface area contributed by atoms with Crippen LogP contribution in [0.1, 0.15) is 6.92 Å². The molecule has 2 aromatic carbocycles. The predicted octanol–water partition coefficient (Wildman–Crippen LogP) is 3.05.